The number of aryl methyl sites for hydroxylation is 1. The molecule has 0 aliphatic carbocycles. The average Bonchev–Trinajstić information content (AvgIpc) is 3.16. The molecule has 2 heterocycles. The van der Waals surface area contributed by atoms with Crippen LogP contribution in [0.25, 0.3) is 0 Å². The van der Waals surface area contributed by atoms with Gasteiger partial charge in [0, 0.05) is 62.8 Å². The van der Waals surface area contributed by atoms with Crippen molar-refractivity contribution in [3.05, 3.63) is 46.5 Å². The van der Waals surface area contributed by atoms with Gasteiger partial charge in [-0.1, -0.05) is 24.6 Å². The van der Waals surface area contributed by atoms with E-state index in [1.54, 1.807) is 16.2 Å². The number of aromatic nitrogens is 1. The molecule has 1 aromatic carbocycles. The topological polar surface area (TPSA) is 39.7 Å². The third-order valence-corrected chi connectivity index (χ3v) is 6.18. The number of hydrogen-bond acceptors (Lipinski definition) is 5. The summed E-state index contributed by atoms with van der Waals surface area (Å²) in [5.74, 6) is 0.0757. The Hall–Kier alpha value is -0.960. The van der Waals surface area contributed by atoms with E-state index in [9.17, 15) is 4.79 Å². The van der Waals surface area contributed by atoms with E-state index < -0.39 is 0 Å². The standard InChI is InChI=1S/C21H30N4OS.2BrH/c1-4-10-24-12-14-25(15-13-24)21-22-16-19(27-21)9-11-23(3)20(26)18-7-5-17(2)6-8-18;;/h5-8,16H,4,9-15H2,1-3H3;2*1H. The molecule has 1 aliphatic rings. The third kappa shape index (κ3) is 7.35. The normalized spacial score (nSPS) is 14.1. The predicted octanol–water partition coefficient (Wildman–Crippen LogP) is 4.45. The molecule has 162 valence electrons. The van der Waals surface area contributed by atoms with Gasteiger partial charge in [-0.25, -0.2) is 4.98 Å². The summed E-state index contributed by atoms with van der Waals surface area (Å²) in [5, 5.41) is 1.12. The van der Waals surface area contributed by atoms with Crippen LogP contribution in [0.4, 0.5) is 5.13 Å². The minimum atomic E-state index is 0. The molecule has 0 atom stereocenters. The van der Waals surface area contributed by atoms with Gasteiger partial charge in [-0.2, -0.15) is 0 Å². The first kappa shape index (κ1) is 26.1. The molecule has 0 bridgehead atoms. The van der Waals surface area contributed by atoms with E-state index in [1.165, 1.54) is 23.4 Å². The number of nitrogens with zero attached hydrogens (tertiary/aromatic N) is 4. The molecule has 2 aromatic rings. The van der Waals surface area contributed by atoms with Crippen LogP contribution in [0.2, 0.25) is 0 Å². The molecule has 0 N–H and O–H groups in total. The summed E-state index contributed by atoms with van der Waals surface area (Å²) in [6, 6.07) is 7.77. The molecule has 5 nitrogen and oxygen atoms in total. The van der Waals surface area contributed by atoms with Gasteiger partial charge < -0.3 is 9.80 Å². The van der Waals surface area contributed by atoms with Gasteiger partial charge in [0.15, 0.2) is 5.13 Å². The summed E-state index contributed by atoms with van der Waals surface area (Å²) < 4.78 is 0. The van der Waals surface area contributed by atoms with Gasteiger partial charge in [0.05, 0.1) is 0 Å². The van der Waals surface area contributed by atoms with Crippen molar-refractivity contribution in [1.82, 2.24) is 14.8 Å². The molecule has 1 amide bonds. The van der Waals surface area contributed by atoms with Gasteiger partial charge >= 0.3 is 0 Å². The Kier molecular flexibility index (Phi) is 11.4. The Morgan fingerprint density at radius 3 is 2.41 bits per heavy atom. The molecule has 1 fully saturated rings. The predicted molar refractivity (Wildman–Crippen MR) is 134 cm³/mol. The van der Waals surface area contributed by atoms with Gasteiger partial charge in [-0.05, 0) is 32.0 Å². The van der Waals surface area contributed by atoms with E-state index in [1.807, 2.05) is 44.4 Å². The van der Waals surface area contributed by atoms with E-state index in [4.69, 9.17) is 0 Å². The lowest BCUT2D eigenvalue weighted by Crippen LogP contribution is -2.46. The number of piperazine rings is 1. The van der Waals surface area contributed by atoms with Crippen LogP contribution in [-0.4, -0.2) is 67.0 Å². The number of amides is 1. The Morgan fingerprint density at radius 2 is 1.79 bits per heavy atom. The maximum atomic E-state index is 12.5. The van der Waals surface area contributed by atoms with Crippen molar-refractivity contribution in [3.63, 3.8) is 0 Å². The fraction of sp³-hybridized carbons (Fsp3) is 0.524. The van der Waals surface area contributed by atoms with E-state index in [-0.39, 0.29) is 39.9 Å². The summed E-state index contributed by atoms with van der Waals surface area (Å²) in [5.41, 5.74) is 1.92. The van der Waals surface area contributed by atoms with Gasteiger partial charge in [-0.3, -0.25) is 9.69 Å². The van der Waals surface area contributed by atoms with Crippen LogP contribution in [0.3, 0.4) is 0 Å². The lowest BCUT2D eigenvalue weighted by atomic mass is 10.1. The van der Waals surface area contributed by atoms with Crippen molar-refractivity contribution in [3.8, 4) is 0 Å². The van der Waals surface area contributed by atoms with Crippen molar-refractivity contribution < 1.29 is 4.79 Å². The number of benzene rings is 1. The molecule has 1 saturated heterocycles. The van der Waals surface area contributed by atoms with Crippen molar-refractivity contribution in [2.75, 3.05) is 51.2 Å². The van der Waals surface area contributed by atoms with E-state index in [0.717, 1.165) is 43.3 Å². The number of rotatable bonds is 7. The van der Waals surface area contributed by atoms with Crippen LogP contribution in [0.1, 0.15) is 34.1 Å². The zero-order chi connectivity index (χ0) is 19.2. The molecular formula is C21H32Br2N4OS. The SMILES string of the molecule is Br.Br.CCCN1CCN(c2ncc(CCN(C)C(=O)c3ccc(C)cc3)s2)CC1. The van der Waals surface area contributed by atoms with Crippen LogP contribution in [0.5, 0.6) is 0 Å². The monoisotopic (exact) mass is 546 g/mol. The molecule has 1 aromatic heterocycles. The van der Waals surface area contributed by atoms with E-state index in [0.29, 0.717) is 6.54 Å². The first-order valence-electron chi connectivity index (χ1n) is 9.81. The number of anilines is 1. The molecule has 1 aliphatic heterocycles. The maximum absolute atomic E-state index is 12.5. The fourth-order valence-electron chi connectivity index (χ4n) is 3.33. The highest BCUT2D eigenvalue weighted by Crippen LogP contribution is 2.24. The van der Waals surface area contributed by atoms with Gasteiger partial charge in [0.2, 0.25) is 0 Å². The van der Waals surface area contributed by atoms with Crippen LogP contribution in [0, 0.1) is 6.92 Å². The number of carbonyl (C=O) groups excluding carboxylic acids is 1. The molecular weight excluding hydrogens is 516 g/mol. The number of hydrogen-bond donors (Lipinski definition) is 0. The van der Waals surface area contributed by atoms with Crippen LogP contribution >= 0.6 is 45.3 Å². The lowest BCUT2D eigenvalue weighted by molar-refractivity contribution is 0.0797. The molecule has 0 saturated carbocycles. The minimum absolute atomic E-state index is 0. The zero-order valence-electron chi connectivity index (χ0n) is 17.5. The zero-order valence-corrected chi connectivity index (χ0v) is 21.7. The summed E-state index contributed by atoms with van der Waals surface area (Å²) in [6.45, 7) is 10.5. The molecule has 3 rings (SSSR count). The average molecular weight is 548 g/mol. The van der Waals surface area contributed by atoms with Crippen molar-refractivity contribution in [2.45, 2.75) is 26.7 Å². The fourth-order valence-corrected chi connectivity index (χ4v) is 4.28. The van der Waals surface area contributed by atoms with E-state index >= 15 is 0 Å². The summed E-state index contributed by atoms with van der Waals surface area (Å²) in [7, 11) is 1.87. The second-order valence-corrected chi connectivity index (χ2v) is 8.37. The van der Waals surface area contributed by atoms with Gasteiger partial charge in [-0.15, -0.1) is 45.3 Å². The minimum Gasteiger partial charge on any atom is -0.346 e. The third-order valence-electron chi connectivity index (χ3n) is 5.06. The van der Waals surface area contributed by atoms with Crippen molar-refractivity contribution >= 4 is 56.3 Å². The van der Waals surface area contributed by atoms with Crippen LogP contribution in [0.15, 0.2) is 30.5 Å². The first-order chi connectivity index (χ1) is 13.1. The Morgan fingerprint density at radius 1 is 1.14 bits per heavy atom. The summed E-state index contributed by atoms with van der Waals surface area (Å²) in [6.07, 6.45) is 4.04. The molecule has 0 unspecified atom stereocenters. The molecule has 0 spiro atoms. The number of likely N-dealkylation sites (N-methyl/N-ethyl adjacent to an activating group) is 1. The second kappa shape index (κ2) is 12.7. The Bertz CT molecular complexity index is 745. The molecule has 8 heteroatoms. The summed E-state index contributed by atoms with van der Waals surface area (Å²) >= 11 is 1.76. The molecule has 29 heavy (non-hydrogen) atoms. The smallest absolute Gasteiger partial charge is 0.253 e. The van der Waals surface area contributed by atoms with Gasteiger partial charge in [0.25, 0.3) is 5.91 Å². The highest BCUT2D eigenvalue weighted by atomic mass is 79.9. The molecule has 0 radical (unpaired) electrons. The second-order valence-electron chi connectivity index (χ2n) is 7.28. The van der Waals surface area contributed by atoms with Gasteiger partial charge in [0.1, 0.15) is 0 Å². The quantitative estimate of drug-likeness (QED) is 0.513. The number of carbonyl (C=O) groups is 1. The number of thiazole rings is 1. The van der Waals surface area contributed by atoms with Crippen molar-refractivity contribution in [2.24, 2.45) is 0 Å². The van der Waals surface area contributed by atoms with E-state index in [2.05, 4.69) is 21.7 Å². The van der Waals surface area contributed by atoms with Crippen LogP contribution in [-0.2, 0) is 6.42 Å². The van der Waals surface area contributed by atoms with Crippen LogP contribution < -0.4 is 4.90 Å². The first-order valence-corrected chi connectivity index (χ1v) is 10.6. The lowest BCUT2D eigenvalue weighted by Gasteiger charge is -2.34. The highest BCUT2D eigenvalue weighted by Gasteiger charge is 2.19. The number of halogens is 2. The Labute approximate surface area is 199 Å². The largest absolute Gasteiger partial charge is 0.346 e. The van der Waals surface area contributed by atoms with Crippen molar-refractivity contribution in [1.29, 1.82) is 0 Å². The maximum Gasteiger partial charge on any atom is 0.253 e. The summed E-state index contributed by atoms with van der Waals surface area (Å²) in [4.78, 5) is 25.1. The highest BCUT2D eigenvalue weighted by molar-refractivity contribution is 8.93. The Balaban J connectivity index is 0.00000210.